The lowest BCUT2D eigenvalue weighted by Crippen LogP contribution is -2.45. The van der Waals surface area contributed by atoms with Gasteiger partial charge in [0.05, 0.1) is 5.97 Å². The third-order valence-electron chi connectivity index (χ3n) is 2.13. The van der Waals surface area contributed by atoms with E-state index in [1.54, 1.807) is 11.8 Å². The lowest BCUT2D eigenvalue weighted by Gasteiger charge is -2.20. The Bertz CT molecular complexity index is 177. The summed E-state index contributed by atoms with van der Waals surface area (Å²) in [5.74, 6) is -0.347. The predicted molar refractivity (Wildman–Crippen MR) is 55.7 cm³/mol. The Morgan fingerprint density at radius 2 is 1.93 bits per heavy atom. The van der Waals surface area contributed by atoms with Crippen LogP contribution in [0.5, 0.6) is 0 Å². The van der Waals surface area contributed by atoms with Gasteiger partial charge in [0, 0.05) is 0 Å². The maximum atomic E-state index is 10.4. The first-order valence-electron chi connectivity index (χ1n) is 4.96. The second kappa shape index (κ2) is 8.96. The highest BCUT2D eigenvalue weighted by Gasteiger charge is 2.15. The standard InChI is InChI=1S/C9H19NO4S/c1-15-7-5-3-2-4-6-8(9(11)12)10(13)14/h8,13-14H,2-7H2,1H3,(H,11,12)/p-1/t8-/m0/s1. The van der Waals surface area contributed by atoms with E-state index in [9.17, 15) is 9.90 Å². The number of hydrogen-bond acceptors (Lipinski definition) is 6. The normalized spacial score (nSPS) is 13.1. The number of carbonyl (C=O) groups excluding carboxylic acids is 1. The largest absolute Gasteiger partial charge is 0.548 e. The summed E-state index contributed by atoms with van der Waals surface area (Å²) < 4.78 is 0. The van der Waals surface area contributed by atoms with Crippen LogP contribution in [0.1, 0.15) is 32.1 Å². The van der Waals surface area contributed by atoms with E-state index in [1.807, 2.05) is 6.26 Å². The zero-order valence-corrected chi connectivity index (χ0v) is 9.70. The molecule has 0 saturated heterocycles. The van der Waals surface area contributed by atoms with Crippen LogP contribution in [0, 0.1) is 0 Å². The van der Waals surface area contributed by atoms with Crippen molar-refractivity contribution in [3.8, 4) is 0 Å². The van der Waals surface area contributed by atoms with Crippen molar-refractivity contribution < 1.29 is 20.3 Å². The van der Waals surface area contributed by atoms with Crippen LogP contribution in [0.4, 0.5) is 0 Å². The van der Waals surface area contributed by atoms with Gasteiger partial charge in [-0.25, -0.2) is 0 Å². The van der Waals surface area contributed by atoms with Gasteiger partial charge in [-0.15, -0.1) is 0 Å². The van der Waals surface area contributed by atoms with Crippen molar-refractivity contribution in [1.82, 2.24) is 5.23 Å². The molecular weight excluding hydrogens is 218 g/mol. The zero-order chi connectivity index (χ0) is 11.7. The minimum Gasteiger partial charge on any atom is -0.548 e. The summed E-state index contributed by atoms with van der Waals surface area (Å²) in [6, 6.07) is -1.31. The number of unbranched alkanes of at least 4 members (excludes halogenated alkanes) is 3. The molecule has 0 amide bonds. The number of hydroxylamine groups is 2. The molecular formula is C9H18NO4S-. The van der Waals surface area contributed by atoms with Gasteiger partial charge >= 0.3 is 0 Å². The Kier molecular flexibility index (Phi) is 8.79. The number of aliphatic carboxylic acids is 1. The molecule has 0 radical (unpaired) electrons. The maximum absolute atomic E-state index is 10.4. The first-order valence-corrected chi connectivity index (χ1v) is 6.35. The van der Waals surface area contributed by atoms with Crippen molar-refractivity contribution in [1.29, 1.82) is 0 Å². The summed E-state index contributed by atoms with van der Waals surface area (Å²) in [6.45, 7) is 0. The second-order valence-corrected chi connectivity index (χ2v) is 4.34. The van der Waals surface area contributed by atoms with Crippen LogP contribution in [-0.4, -0.2) is 39.7 Å². The van der Waals surface area contributed by atoms with Crippen LogP contribution in [0.25, 0.3) is 0 Å². The van der Waals surface area contributed by atoms with Gasteiger partial charge in [0.1, 0.15) is 6.04 Å². The van der Waals surface area contributed by atoms with Gasteiger partial charge in [0.25, 0.3) is 0 Å². The molecule has 0 heterocycles. The molecule has 0 unspecified atom stereocenters. The van der Waals surface area contributed by atoms with Crippen molar-refractivity contribution in [2.24, 2.45) is 0 Å². The number of carboxylic acid groups (broad SMARTS) is 1. The van der Waals surface area contributed by atoms with Crippen LogP contribution in [-0.2, 0) is 4.79 Å². The Balaban J connectivity index is 3.50. The van der Waals surface area contributed by atoms with E-state index in [2.05, 4.69) is 0 Å². The first kappa shape index (κ1) is 14.7. The average molecular weight is 236 g/mol. The SMILES string of the molecule is CSCCCCCC[C@@H](C(=O)[O-])N(O)O. The highest BCUT2D eigenvalue weighted by molar-refractivity contribution is 7.98. The van der Waals surface area contributed by atoms with E-state index in [-0.39, 0.29) is 11.6 Å². The van der Waals surface area contributed by atoms with Crippen molar-refractivity contribution in [3.63, 3.8) is 0 Å². The fourth-order valence-corrected chi connectivity index (χ4v) is 1.76. The smallest absolute Gasteiger partial charge is 0.102 e. The third-order valence-corrected chi connectivity index (χ3v) is 2.82. The second-order valence-electron chi connectivity index (χ2n) is 3.35. The van der Waals surface area contributed by atoms with Gasteiger partial charge < -0.3 is 9.90 Å². The summed E-state index contributed by atoms with van der Waals surface area (Å²) in [5, 5.41) is 27.3. The number of carbonyl (C=O) groups is 1. The molecule has 5 nitrogen and oxygen atoms in total. The minimum atomic E-state index is -1.45. The van der Waals surface area contributed by atoms with Gasteiger partial charge in [-0.2, -0.15) is 11.8 Å². The number of hydrogen-bond donors (Lipinski definition) is 2. The molecule has 0 aromatic heterocycles. The van der Waals surface area contributed by atoms with Crippen LogP contribution in [0.15, 0.2) is 0 Å². The van der Waals surface area contributed by atoms with Crippen molar-refractivity contribution >= 4 is 17.7 Å². The fourth-order valence-electron chi connectivity index (χ4n) is 1.27. The van der Waals surface area contributed by atoms with Crippen LogP contribution >= 0.6 is 11.8 Å². The van der Waals surface area contributed by atoms with Crippen molar-refractivity contribution in [3.05, 3.63) is 0 Å². The molecule has 0 aliphatic heterocycles. The number of carboxylic acids is 1. The topological polar surface area (TPSA) is 83.8 Å². The molecule has 6 heteroatoms. The van der Waals surface area contributed by atoms with Crippen molar-refractivity contribution in [2.75, 3.05) is 12.0 Å². The molecule has 0 aliphatic carbocycles. The Morgan fingerprint density at radius 1 is 1.33 bits per heavy atom. The van der Waals surface area contributed by atoms with Crippen molar-refractivity contribution in [2.45, 2.75) is 38.1 Å². The molecule has 0 saturated carbocycles. The summed E-state index contributed by atoms with van der Waals surface area (Å²) in [5.41, 5.74) is 0. The summed E-state index contributed by atoms with van der Waals surface area (Å²) in [4.78, 5) is 10.4. The highest BCUT2D eigenvalue weighted by Crippen LogP contribution is 2.09. The van der Waals surface area contributed by atoms with Gasteiger partial charge in [-0.1, -0.05) is 24.5 Å². The average Bonchev–Trinajstić information content (AvgIpc) is 2.15. The Hall–Kier alpha value is -0.300. The lowest BCUT2D eigenvalue weighted by atomic mass is 10.1. The monoisotopic (exact) mass is 236 g/mol. The number of thioether (sulfide) groups is 1. The molecule has 1 atom stereocenters. The van der Waals surface area contributed by atoms with E-state index in [0.29, 0.717) is 6.42 Å². The number of rotatable bonds is 9. The van der Waals surface area contributed by atoms with E-state index >= 15 is 0 Å². The highest BCUT2D eigenvalue weighted by atomic mass is 32.2. The molecule has 2 N–H and O–H groups in total. The van der Waals surface area contributed by atoms with Crippen LogP contribution in [0.2, 0.25) is 0 Å². The molecule has 0 bridgehead atoms. The molecule has 0 rings (SSSR count). The van der Waals surface area contributed by atoms with Gasteiger partial charge in [0.15, 0.2) is 0 Å². The minimum absolute atomic E-state index is 0.203. The van der Waals surface area contributed by atoms with E-state index < -0.39 is 12.0 Å². The van der Waals surface area contributed by atoms with E-state index in [0.717, 1.165) is 25.0 Å². The summed E-state index contributed by atoms with van der Waals surface area (Å²) in [7, 11) is 0. The maximum Gasteiger partial charge on any atom is 0.102 e. The van der Waals surface area contributed by atoms with Crippen LogP contribution < -0.4 is 5.11 Å². The Labute approximate surface area is 94.0 Å². The van der Waals surface area contributed by atoms with E-state index in [1.165, 1.54) is 0 Å². The molecule has 0 fully saturated rings. The molecule has 0 aromatic carbocycles. The molecule has 0 spiro atoms. The van der Waals surface area contributed by atoms with Crippen LogP contribution in [0.3, 0.4) is 0 Å². The molecule has 0 aromatic rings. The van der Waals surface area contributed by atoms with Gasteiger partial charge in [-0.05, 0) is 24.9 Å². The van der Waals surface area contributed by atoms with Gasteiger partial charge in [0.2, 0.25) is 0 Å². The lowest BCUT2D eigenvalue weighted by molar-refractivity contribution is -0.364. The molecule has 90 valence electrons. The van der Waals surface area contributed by atoms with E-state index in [4.69, 9.17) is 10.4 Å². The summed E-state index contributed by atoms with van der Waals surface area (Å²) in [6.07, 6.45) is 5.95. The quantitative estimate of drug-likeness (QED) is 0.448. The fraction of sp³-hybridized carbons (Fsp3) is 0.889. The first-order chi connectivity index (χ1) is 7.09. The molecule has 0 aliphatic rings. The molecule has 15 heavy (non-hydrogen) atoms. The predicted octanol–water partition coefficient (Wildman–Crippen LogP) is 0.499. The summed E-state index contributed by atoms with van der Waals surface area (Å²) >= 11 is 1.78. The Morgan fingerprint density at radius 3 is 2.40 bits per heavy atom. The zero-order valence-electron chi connectivity index (χ0n) is 8.89. The van der Waals surface area contributed by atoms with Gasteiger partial charge in [-0.3, -0.25) is 10.4 Å². The third kappa shape index (κ3) is 7.61. The number of nitrogens with zero attached hydrogens (tertiary/aromatic N) is 1.